The first-order chi connectivity index (χ1) is 20.8. The first-order valence-electron chi connectivity index (χ1n) is 13.9. The molecule has 0 saturated carbocycles. The number of anilines is 1. The maximum Gasteiger partial charge on any atom is 0.226 e. The number of imidazole rings is 1. The zero-order valence-electron chi connectivity index (χ0n) is 24.0. The van der Waals surface area contributed by atoms with Crippen LogP contribution in [0.3, 0.4) is 0 Å². The average Bonchev–Trinajstić information content (AvgIpc) is 3.44. The van der Waals surface area contributed by atoms with Crippen molar-refractivity contribution in [3.63, 3.8) is 0 Å². The Labute approximate surface area is 267 Å². The van der Waals surface area contributed by atoms with Gasteiger partial charge in [0.1, 0.15) is 0 Å². The van der Waals surface area contributed by atoms with Crippen molar-refractivity contribution in [3.05, 3.63) is 112 Å². The zero-order chi connectivity index (χ0) is 30.8. The molecule has 0 aliphatic carbocycles. The number of nitrogens with zero attached hydrogens (tertiary/aromatic N) is 5. The maximum atomic E-state index is 13.4. The van der Waals surface area contributed by atoms with Crippen LogP contribution < -0.4 is 10.6 Å². The van der Waals surface area contributed by atoms with Crippen LogP contribution in [0.5, 0.6) is 0 Å². The molecule has 2 aromatic carbocycles. The Morgan fingerprint density at radius 1 is 1.12 bits per heavy atom. The molecule has 4 aromatic rings. The van der Waals surface area contributed by atoms with Crippen LogP contribution in [0.25, 0.3) is 0 Å². The van der Waals surface area contributed by atoms with Crippen molar-refractivity contribution in [1.29, 1.82) is 5.26 Å². The number of nitrogens with one attached hydrogen (secondary N) is 2. The number of rotatable bonds is 12. The lowest BCUT2D eigenvalue weighted by Gasteiger charge is -2.33. The lowest BCUT2D eigenvalue weighted by molar-refractivity contribution is -0.121. The number of aromatic nitrogens is 3. The molecule has 2 atom stereocenters. The summed E-state index contributed by atoms with van der Waals surface area (Å²) >= 11 is 18.7. The summed E-state index contributed by atoms with van der Waals surface area (Å²) in [5.41, 5.74) is 4.05. The summed E-state index contributed by atoms with van der Waals surface area (Å²) in [6.45, 7) is 5.61. The molecule has 2 N–H and O–H groups in total. The van der Waals surface area contributed by atoms with Crippen molar-refractivity contribution in [2.24, 2.45) is 5.92 Å². The molecular formula is C32H33Cl2N7OS. The van der Waals surface area contributed by atoms with E-state index in [0.717, 1.165) is 28.9 Å². The summed E-state index contributed by atoms with van der Waals surface area (Å²) < 4.78 is 1.94. The third-order valence-corrected chi connectivity index (χ3v) is 8.50. The van der Waals surface area contributed by atoms with Crippen molar-refractivity contribution >= 4 is 52.1 Å². The zero-order valence-corrected chi connectivity index (χ0v) is 26.3. The molecule has 0 fully saturated rings. The lowest BCUT2D eigenvalue weighted by atomic mass is 9.98. The van der Waals surface area contributed by atoms with Crippen molar-refractivity contribution in [1.82, 2.24) is 24.8 Å². The van der Waals surface area contributed by atoms with Crippen LogP contribution in [0, 0.1) is 17.2 Å². The van der Waals surface area contributed by atoms with E-state index in [4.69, 9.17) is 40.7 Å². The molecule has 0 radical (unpaired) electrons. The molecule has 0 aliphatic heterocycles. The number of pyridine rings is 1. The fourth-order valence-electron chi connectivity index (χ4n) is 4.56. The topological polar surface area (TPSA) is 98.9 Å². The van der Waals surface area contributed by atoms with Crippen LogP contribution in [0.15, 0.2) is 79.5 Å². The quantitative estimate of drug-likeness (QED) is 0.172. The van der Waals surface area contributed by atoms with E-state index in [1.165, 1.54) is 0 Å². The highest BCUT2D eigenvalue weighted by Gasteiger charge is 2.25. The van der Waals surface area contributed by atoms with Gasteiger partial charge in [0.25, 0.3) is 0 Å². The second-order valence-electron chi connectivity index (χ2n) is 10.3. The van der Waals surface area contributed by atoms with E-state index in [-0.39, 0.29) is 24.3 Å². The number of hydrogen-bond donors (Lipinski definition) is 2. The van der Waals surface area contributed by atoms with Gasteiger partial charge in [-0.15, -0.1) is 0 Å². The molecule has 4 rings (SSSR count). The normalized spacial score (nSPS) is 12.2. The first kappa shape index (κ1) is 32.0. The summed E-state index contributed by atoms with van der Waals surface area (Å²) in [5.74, 6) is 0.0502. The predicted octanol–water partition coefficient (Wildman–Crippen LogP) is 6.48. The van der Waals surface area contributed by atoms with Gasteiger partial charge in [0.2, 0.25) is 5.91 Å². The van der Waals surface area contributed by atoms with Gasteiger partial charge >= 0.3 is 0 Å². The average molecular weight is 635 g/mol. The van der Waals surface area contributed by atoms with Gasteiger partial charge < -0.3 is 20.1 Å². The Kier molecular flexibility index (Phi) is 11.5. The Hall–Kier alpha value is -3.97. The highest BCUT2D eigenvalue weighted by atomic mass is 35.5. The van der Waals surface area contributed by atoms with Crippen molar-refractivity contribution < 1.29 is 4.79 Å². The van der Waals surface area contributed by atoms with E-state index in [1.807, 2.05) is 45.9 Å². The van der Waals surface area contributed by atoms with Crippen molar-refractivity contribution in [3.8, 4) is 6.07 Å². The molecule has 2 heterocycles. The van der Waals surface area contributed by atoms with E-state index in [2.05, 4.69) is 40.5 Å². The maximum absolute atomic E-state index is 13.4. The minimum atomic E-state index is -0.206. The van der Waals surface area contributed by atoms with Crippen LogP contribution in [0.1, 0.15) is 42.7 Å². The molecule has 0 spiro atoms. The predicted molar refractivity (Wildman–Crippen MR) is 175 cm³/mol. The number of benzene rings is 2. The number of hydrogen-bond acceptors (Lipinski definition) is 5. The standard InChI is InChI=1S/C32H33Cl2N7OS/c1-3-22(2)29(39-30(42)15-27-17-37-21-41(27)18-24-9-7-23(16-35)8-10-24)20-40(19-25-5-4-6-28(33)31(25)34)32(43)38-26-11-13-36-14-12-26/h4-14,17,21-22,29H,3,15,18-20H2,1-2H3,(H,39,42)(H,36,38,43)/t22-,29+/m0/s1. The molecule has 1 amide bonds. The molecule has 222 valence electrons. The summed E-state index contributed by atoms with van der Waals surface area (Å²) in [6.07, 6.45) is 7.84. The minimum absolute atomic E-state index is 0.111. The van der Waals surface area contributed by atoms with E-state index < -0.39 is 0 Å². The van der Waals surface area contributed by atoms with Gasteiger partial charge in [0.15, 0.2) is 5.11 Å². The van der Waals surface area contributed by atoms with Crippen molar-refractivity contribution in [2.45, 2.75) is 45.8 Å². The fourth-order valence-corrected chi connectivity index (χ4v) is 5.20. The molecule has 0 unspecified atom stereocenters. The molecule has 0 aliphatic rings. The molecule has 8 nitrogen and oxygen atoms in total. The highest BCUT2D eigenvalue weighted by molar-refractivity contribution is 7.80. The van der Waals surface area contributed by atoms with E-state index in [9.17, 15) is 4.79 Å². The number of carbonyl (C=O) groups is 1. The third-order valence-electron chi connectivity index (χ3n) is 7.28. The molecule has 0 saturated heterocycles. The molecule has 11 heteroatoms. The SMILES string of the molecule is CC[C@H](C)[C@@H](CN(Cc1cccc(Cl)c1Cl)C(=S)Nc1ccncc1)NC(=O)Cc1cncn1Cc1ccc(C#N)cc1. The van der Waals surface area contributed by atoms with E-state index >= 15 is 0 Å². The summed E-state index contributed by atoms with van der Waals surface area (Å²) in [5, 5.41) is 17.0. The van der Waals surface area contributed by atoms with Crippen molar-refractivity contribution in [2.75, 3.05) is 11.9 Å². The lowest BCUT2D eigenvalue weighted by Crippen LogP contribution is -2.50. The summed E-state index contributed by atoms with van der Waals surface area (Å²) in [6, 6.07) is 18.5. The fraction of sp³-hybridized carbons (Fsp3) is 0.281. The Bertz CT molecular complexity index is 1570. The number of amides is 1. The highest BCUT2D eigenvalue weighted by Crippen LogP contribution is 2.27. The smallest absolute Gasteiger partial charge is 0.226 e. The number of carbonyl (C=O) groups excluding carboxylic acids is 1. The molecule has 43 heavy (non-hydrogen) atoms. The van der Waals surface area contributed by atoms with Gasteiger partial charge in [0.05, 0.1) is 34.4 Å². The first-order valence-corrected chi connectivity index (χ1v) is 15.1. The minimum Gasteiger partial charge on any atom is -0.351 e. The molecule has 0 bridgehead atoms. The van der Waals surface area contributed by atoms with Gasteiger partial charge in [-0.2, -0.15) is 5.26 Å². The van der Waals surface area contributed by atoms with Gasteiger partial charge in [-0.3, -0.25) is 9.78 Å². The Morgan fingerprint density at radius 2 is 1.86 bits per heavy atom. The number of halogens is 2. The summed E-state index contributed by atoms with van der Waals surface area (Å²) in [7, 11) is 0. The van der Waals surface area contributed by atoms with Gasteiger partial charge in [0, 0.05) is 55.6 Å². The van der Waals surface area contributed by atoms with Crippen LogP contribution in [0.2, 0.25) is 10.0 Å². The van der Waals surface area contributed by atoms with Gasteiger partial charge in [-0.1, -0.05) is 67.7 Å². The van der Waals surface area contributed by atoms with Crippen LogP contribution in [-0.2, 0) is 24.3 Å². The Balaban J connectivity index is 1.50. The monoisotopic (exact) mass is 633 g/mol. The van der Waals surface area contributed by atoms with Crippen LogP contribution in [-0.4, -0.2) is 43.0 Å². The summed E-state index contributed by atoms with van der Waals surface area (Å²) in [4.78, 5) is 23.8. The van der Waals surface area contributed by atoms with Crippen LogP contribution >= 0.6 is 35.4 Å². The second kappa shape index (κ2) is 15.5. The van der Waals surface area contributed by atoms with E-state index in [0.29, 0.717) is 40.4 Å². The van der Waals surface area contributed by atoms with Crippen LogP contribution in [0.4, 0.5) is 5.69 Å². The third kappa shape index (κ3) is 9.01. The Morgan fingerprint density at radius 3 is 2.56 bits per heavy atom. The molecular weight excluding hydrogens is 601 g/mol. The number of thiocarbonyl (C=S) groups is 1. The van der Waals surface area contributed by atoms with E-state index in [1.54, 1.807) is 43.1 Å². The molecule has 2 aromatic heterocycles. The van der Waals surface area contributed by atoms with Gasteiger partial charge in [-0.05, 0) is 59.6 Å². The largest absolute Gasteiger partial charge is 0.351 e. The number of nitriles is 1. The second-order valence-corrected chi connectivity index (χ2v) is 11.5. The van der Waals surface area contributed by atoms with Gasteiger partial charge in [-0.25, -0.2) is 4.98 Å².